The van der Waals surface area contributed by atoms with Crippen molar-refractivity contribution < 1.29 is 9.59 Å². The fourth-order valence-electron chi connectivity index (χ4n) is 3.32. The van der Waals surface area contributed by atoms with Gasteiger partial charge in [-0.05, 0) is 19.8 Å². The molecule has 1 saturated carbocycles. The van der Waals surface area contributed by atoms with Crippen LogP contribution in [0.1, 0.15) is 44.6 Å². The van der Waals surface area contributed by atoms with Crippen molar-refractivity contribution in [3.63, 3.8) is 0 Å². The number of aromatic nitrogens is 2. The number of imide groups is 1. The Morgan fingerprint density at radius 2 is 2.09 bits per heavy atom. The minimum Gasteiger partial charge on any atom is -0.319 e. The number of amides is 3. The van der Waals surface area contributed by atoms with Crippen LogP contribution in [-0.2, 0) is 17.4 Å². The molecule has 2 heterocycles. The van der Waals surface area contributed by atoms with Gasteiger partial charge in [0.05, 0.1) is 6.20 Å². The summed E-state index contributed by atoms with van der Waals surface area (Å²) in [5.41, 5.74) is -0.276. The average Bonchev–Trinajstić information content (AvgIpc) is 3.06. The zero-order chi connectivity index (χ0) is 16.4. The van der Waals surface area contributed by atoms with E-state index < -0.39 is 5.54 Å². The Kier molecular flexibility index (Phi) is 4.66. The normalized spacial score (nSPS) is 25.9. The largest absolute Gasteiger partial charge is 0.325 e. The van der Waals surface area contributed by atoms with E-state index in [4.69, 9.17) is 0 Å². The van der Waals surface area contributed by atoms with Crippen molar-refractivity contribution in [2.75, 3.05) is 12.3 Å². The number of carbonyl (C=O) groups is 2. The standard InChI is InChI=1S/C16H24N4O2S/c1-16(12-10-17-19(2)11-12)14(21)20(15(22)18-16)8-9-23-13-6-4-3-5-7-13/h10-11,13H,3-9H2,1-2H3,(H,18,22). The summed E-state index contributed by atoms with van der Waals surface area (Å²) in [5, 5.41) is 7.62. The van der Waals surface area contributed by atoms with Gasteiger partial charge in [-0.3, -0.25) is 14.4 Å². The van der Waals surface area contributed by atoms with Crippen LogP contribution in [0.5, 0.6) is 0 Å². The molecule has 1 N–H and O–H groups in total. The van der Waals surface area contributed by atoms with E-state index in [1.54, 1.807) is 31.0 Å². The lowest BCUT2D eigenvalue weighted by Gasteiger charge is -2.22. The van der Waals surface area contributed by atoms with E-state index in [1.165, 1.54) is 37.0 Å². The van der Waals surface area contributed by atoms with E-state index in [2.05, 4.69) is 10.4 Å². The van der Waals surface area contributed by atoms with Gasteiger partial charge in [-0.15, -0.1) is 0 Å². The van der Waals surface area contributed by atoms with Crippen LogP contribution >= 0.6 is 11.8 Å². The van der Waals surface area contributed by atoms with Crippen molar-refractivity contribution in [3.05, 3.63) is 18.0 Å². The highest BCUT2D eigenvalue weighted by Gasteiger charge is 2.49. The Bertz CT molecular complexity index is 597. The summed E-state index contributed by atoms with van der Waals surface area (Å²) in [4.78, 5) is 26.3. The first-order valence-corrected chi connectivity index (χ1v) is 9.30. The molecule has 1 atom stereocenters. The third-order valence-electron chi connectivity index (χ3n) is 4.78. The zero-order valence-electron chi connectivity index (χ0n) is 13.7. The number of aryl methyl sites for hydroxylation is 1. The van der Waals surface area contributed by atoms with Gasteiger partial charge in [0.15, 0.2) is 0 Å². The van der Waals surface area contributed by atoms with Crippen molar-refractivity contribution in [2.45, 2.75) is 49.8 Å². The second-order valence-corrected chi connectivity index (χ2v) is 7.95. The monoisotopic (exact) mass is 336 g/mol. The molecule has 0 bridgehead atoms. The summed E-state index contributed by atoms with van der Waals surface area (Å²) in [6.07, 6.45) is 9.89. The summed E-state index contributed by atoms with van der Waals surface area (Å²) in [6.45, 7) is 2.22. The van der Waals surface area contributed by atoms with Gasteiger partial charge in [-0.1, -0.05) is 19.3 Å². The van der Waals surface area contributed by atoms with Gasteiger partial charge in [-0.25, -0.2) is 4.79 Å². The van der Waals surface area contributed by atoms with Crippen molar-refractivity contribution in [2.24, 2.45) is 7.05 Å². The lowest BCUT2D eigenvalue weighted by atomic mass is 9.95. The molecule has 1 aromatic rings. The van der Waals surface area contributed by atoms with E-state index >= 15 is 0 Å². The van der Waals surface area contributed by atoms with Gasteiger partial charge >= 0.3 is 6.03 Å². The van der Waals surface area contributed by atoms with Crippen molar-refractivity contribution in [1.29, 1.82) is 0 Å². The predicted molar refractivity (Wildman–Crippen MR) is 90.1 cm³/mol. The van der Waals surface area contributed by atoms with Crippen LogP contribution in [0.15, 0.2) is 12.4 Å². The fourth-order valence-corrected chi connectivity index (χ4v) is 4.61. The maximum absolute atomic E-state index is 12.7. The van der Waals surface area contributed by atoms with Gasteiger partial charge in [0.1, 0.15) is 5.54 Å². The van der Waals surface area contributed by atoms with Gasteiger partial charge in [0.2, 0.25) is 0 Å². The van der Waals surface area contributed by atoms with Crippen LogP contribution in [0, 0.1) is 0 Å². The zero-order valence-corrected chi connectivity index (χ0v) is 14.6. The lowest BCUT2D eigenvalue weighted by Crippen LogP contribution is -2.40. The first-order valence-electron chi connectivity index (χ1n) is 8.25. The first kappa shape index (κ1) is 16.4. The van der Waals surface area contributed by atoms with E-state index in [1.807, 2.05) is 11.8 Å². The number of nitrogens with one attached hydrogen (secondary N) is 1. The molecule has 6 nitrogen and oxygen atoms in total. The molecule has 2 fully saturated rings. The van der Waals surface area contributed by atoms with Crippen molar-refractivity contribution in [1.82, 2.24) is 20.0 Å². The van der Waals surface area contributed by atoms with Gasteiger partial charge in [-0.2, -0.15) is 16.9 Å². The van der Waals surface area contributed by atoms with Crippen molar-refractivity contribution in [3.8, 4) is 0 Å². The van der Waals surface area contributed by atoms with Crippen LogP contribution in [-0.4, -0.2) is 44.2 Å². The molecule has 7 heteroatoms. The minimum absolute atomic E-state index is 0.181. The number of carbonyl (C=O) groups excluding carboxylic acids is 2. The molecule has 1 aliphatic carbocycles. The molecule has 23 heavy (non-hydrogen) atoms. The van der Waals surface area contributed by atoms with Crippen molar-refractivity contribution >= 4 is 23.7 Å². The number of hydrogen-bond donors (Lipinski definition) is 1. The third-order valence-corrected chi connectivity index (χ3v) is 6.14. The second-order valence-electron chi connectivity index (χ2n) is 6.55. The van der Waals surface area contributed by atoms with Crippen LogP contribution in [0.3, 0.4) is 0 Å². The predicted octanol–water partition coefficient (Wildman–Crippen LogP) is 2.25. The smallest absolute Gasteiger partial charge is 0.319 e. The molecule has 3 rings (SSSR count). The van der Waals surface area contributed by atoms with E-state index in [9.17, 15) is 9.59 Å². The number of rotatable bonds is 5. The quantitative estimate of drug-likeness (QED) is 0.838. The summed E-state index contributed by atoms with van der Waals surface area (Å²) in [7, 11) is 1.80. The number of urea groups is 1. The summed E-state index contributed by atoms with van der Waals surface area (Å²) < 4.78 is 1.64. The Morgan fingerprint density at radius 3 is 2.74 bits per heavy atom. The molecule has 0 radical (unpaired) electrons. The van der Waals surface area contributed by atoms with E-state index in [0.717, 1.165) is 11.3 Å². The molecule has 1 unspecified atom stereocenters. The molecule has 0 spiro atoms. The van der Waals surface area contributed by atoms with Crippen LogP contribution in [0.2, 0.25) is 0 Å². The molecular weight excluding hydrogens is 312 g/mol. The topological polar surface area (TPSA) is 67.2 Å². The molecule has 1 aromatic heterocycles. The maximum atomic E-state index is 12.7. The highest BCUT2D eigenvalue weighted by Crippen LogP contribution is 2.30. The second kappa shape index (κ2) is 6.55. The SMILES string of the molecule is Cn1cc(C2(C)NC(=O)N(CCSC3CCCCC3)C2=O)cn1. The lowest BCUT2D eigenvalue weighted by molar-refractivity contribution is -0.130. The summed E-state index contributed by atoms with van der Waals surface area (Å²) >= 11 is 1.90. The molecule has 0 aromatic carbocycles. The summed E-state index contributed by atoms with van der Waals surface area (Å²) in [5.74, 6) is 0.632. The number of thioether (sulfide) groups is 1. The van der Waals surface area contributed by atoms with E-state index in [0.29, 0.717) is 11.8 Å². The van der Waals surface area contributed by atoms with Crippen LogP contribution in [0.4, 0.5) is 4.79 Å². The number of hydrogen-bond acceptors (Lipinski definition) is 4. The number of nitrogens with zero attached hydrogens (tertiary/aromatic N) is 3. The minimum atomic E-state index is -0.999. The molecule has 1 aliphatic heterocycles. The van der Waals surface area contributed by atoms with Crippen LogP contribution < -0.4 is 5.32 Å². The van der Waals surface area contributed by atoms with Gasteiger partial charge in [0, 0.05) is 36.4 Å². The fraction of sp³-hybridized carbons (Fsp3) is 0.688. The first-order chi connectivity index (χ1) is 11.0. The highest BCUT2D eigenvalue weighted by molar-refractivity contribution is 7.99. The molecule has 2 aliphatic rings. The molecule has 126 valence electrons. The summed E-state index contributed by atoms with van der Waals surface area (Å²) in [6, 6.07) is -0.300. The molecule has 3 amide bonds. The Hall–Kier alpha value is -1.50. The van der Waals surface area contributed by atoms with Gasteiger partial charge in [0.25, 0.3) is 5.91 Å². The van der Waals surface area contributed by atoms with E-state index in [-0.39, 0.29) is 11.9 Å². The average molecular weight is 336 g/mol. The molecule has 1 saturated heterocycles. The Balaban J connectivity index is 1.60. The maximum Gasteiger partial charge on any atom is 0.325 e. The highest BCUT2D eigenvalue weighted by atomic mass is 32.2. The van der Waals surface area contributed by atoms with Crippen LogP contribution in [0.25, 0.3) is 0 Å². The van der Waals surface area contributed by atoms with Gasteiger partial charge < -0.3 is 5.32 Å². The molecular formula is C16H24N4O2S. The Labute approximate surface area is 141 Å². The Morgan fingerprint density at radius 1 is 1.35 bits per heavy atom. The third kappa shape index (κ3) is 3.24.